The number of anilines is 1. The van der Waals surface area contributed by atoms with Gasteiger partial charge in [-0.3, -0.25) is 4.79 Å². The molecule has 0 atom stereocenters. The van der Waals surface area contributed by atoms with Crippen molar-refractivity contribution in [3.05, 3.63) is 77.5 Å². The number of aryl methyl sites for hydroxylation is 1. The van der Waals surface area contributed by atoms with Crippen molar-refractivity contribution < 1.29 is 18.0 Å². The first-order chi connectivity index (χ1) is 10.4. The van der Waals surface area contributed by atoms with Crippen LogP contribution in [-0.4, -0.2) is 5.78 Å². The van der Waals surface area contributed by atoms with Crippen molar-refractivity contribution in [2.75, 3.05) is 5.32 Å². The summed E-state index contributed by atoms with van der Waals surface area (Å²) < 4.78 is 37.3. The molecule has 0 saturated heterocycles. The van der Waals surface area contributed by atoms with Gasteiger partial charge in [0.15, 0.2) is 5.78 Å². The van der Waals surface area contributed by atoms with Crippen LogP contribution in [0.3, 0.4) is 0 Å². The maximum Gasteiger partial charge on any atom is 0.416 e. The zero-order chi connectivity index (χ0) is 16.2. The van der Waals surface area contributed by atoms with Gasteiger partial charge >= 0.3 is 6.18 Å². The second-order valence-corrected chi connectivity index (χ2v) is 4.79. The van der Waals surface area contributed by atoms with E-state index in [1.807, 2.05) is 13.0 Å². The number of hydrogen-bond acceptors (Lipinski definition) is 2. The van der Waals surface area contributed by atoms with Gasteiger partial charge < -0.3 is 5.32 Å². The van der Waals surface area contributed by atoms with Crippen LogP contribution in [0.2, 0.25) is 0 Å². The number of hydrogen-bond donors (Lipinski definition) is 1. The van der Waals surface area contributed by atoms with E-state index in [1.165, 1.54) is 24.4 Å². The molecule has 0 aliphatic rings. The number of halogens is 3. The summed E-state index contributed by atoms with van der Waals surface area (Å²) >= 11 is 0. The molecule has 5 heteroatoms. The average molecular weight is 305 g/mol. The third-order valence-electron chi connectivity index (χ3n) is 3.00. The number of nitrogens with one attached hydrogen (secondary N) is 1. The van der Waals surface area contributed by atoms with Crippen molar-refractivity contribution in [2.24, 2.45) is 0 Å². The predicted octanol–water partition coefficient (Wildman–Crippen LogP) is 4.82. The van der Waals surface area contributed by atoms with E-state index in [0.717, 1.165) is 17.7 Å². The molecule has 0 aromatic heterocycles. The number of rotatable bonds is 4. The van der Waals surface area contributed by atoms with E-state index in [2.05, 4.69) is 5.32 Å². The van der Waals surface area contributed by atoms with Crippen LogP contribution in [-0.2, 0) is 6.18 Å². The number of allylic oxidation sites excluding steroid dienone is 1. The molecule has 1 N–H and O–H groups in total. The second kappa shape index (κ2) is 6.47. The number of ketones is 1. The standard InChI is InChI=1S/C17H14F3NO/c1-12-3-2-4-13(11-12)16(22)9-10-21-15-7-5-14(6-8-15)17(18,19)20/h2-11,21H,1H3/b10-9-. The maximum absolute atomic E-state index is 12.4. The minimum Gasteiger partial charge on any atom is -0.362 e. The van der Waals surface area contributed by atoms with Gasteiger partial charge in [-0.25, -0.2) is 0 Å². The molecule has 0 saturated carbocycles. The molecular formula is C17H14F3NO. The Bertz CT molecular complexity index is 688. The largest absolute Gasteiger partial charge is 0.416 e. The van der Waals surface area contributed by atoms with Crippen molar-refractivity contribution in [3.63, 3.8) is 0 Å². The van der Waals surface area contributed by atoms with Crippen LogP contribution < -0.4 is 5.32 Å². The SMILES string of the molecule is Cc1cccc(C(=O)/C=C\Nc2ccc(C(F)(F)F)cc2)c1. The van der Waals surface area contributed by atoms with Crippen LogP contribution in [0.5, 0.6) is 0 Å². The first-order valence-corrected chi connectivity index (χ1v) is 6.57. The Morgan fingerprint density at radius 3 is 2.36 bits per heavy atom. The van der Waals surface area contributed by atoms with Gasteiger partial charge in [-0.1, -0.05) is 23.8 Å². The summed E-state index contributed by atoms with van der Waals surface area (Å²) in [5.41, 5.74) is 1.31. The van der Waals surface area contributed by atoms with Gasteiger partial charge in [-0.05, 0) is 37.3 Å². The summed E-state index contributed by atoms with van der Waals surface area (Å²) in [4.78, 5) is 11.9. The summed E-state index contributed by atoms with van der Waals surface area (Å²) in [5.74, 6) is -0.178. The Balaban J connectivity index is 1.99. The first-order valence-electron chi connectivity index (χ1n) is 6.57. The lowest BCUT2D eigenvalue weighted by Gasteiger charge is -2.07. The average Bonchev–Trinajstić information content (AvgIpc) is 2.47. The fourth-order valence-electron chi connectivity index (χ4n) is 1.86. The molecule has 2 rings (SSSR count). The zero-order valence-corrected chi connectivity index (χ0v) is 11.8. The topological polar surface area (TPSA) is 29.1 Å². The van der Waals surface area contributed by atoms with Gasteiger partial charge in [-0.15, -0.1) is 0 Å². The Kier molecular flexibility index (Phi) is 4.65. The van der Waals surface area contributed by atoms with Gasteiger partial charge in [-0.2, -0.15) is 13.2 Å². The van der Waals surface area contributed by atoms with E-state index in [-0.39, 0.29) is 5.78 Å². The van der Waals surface area contributed by atoms with Crippen molar-refractivity contribution in [2.45, 2.75) is 13.1 Å². The molecule has 114 valence electrons. The minimum atomic E-state index is -4.35. The third-order valence-corrected chi connectivity index (χ3v) is 3.00. The van der Waals surface area contributed by atoms with Gasteiger partial charge in [0.2, 0.25) is 0 Å². The fourth-order valence-corrected chi connectivity index (χ4v) is 1.86. The van der Waals surface area contributed by atoms with E-state index in [1.54, 1.807) is 18.2 Å². The molecule has 0 unspecified atom stereocenters. The second-order valence-electron chi connectivity index (χ2n) is 4.79. The van der Waals surface area contributed by atoms with Crippen molar-refractivity contribution in [1.82, 2.24) is 0 Å². The van der Waals surface area contributed by atoms with Crippen molar-refractivity contribution in [3.8, 4) is 0 Å². The van der Waals surface area contributed by atoms with Gasteiger partial charge in [0, 0.05) is 23.5 Å². The highest BCUT2D eigenvalue weighted by Gasteiger charge is 2.29. The highest BCUT2D eigenvalue weighted by molar-refractivity contribution is 6.04. The van der Waals surface area contributed by atoms with Crippen LogP contribution in [0.25, 0.3) is 0 Å². The molecule has 2 aromatic rings. The van der Waals surface area contributed by atoms with Crippen molar-refractivity contribution >= 4 is 11.5 Å². The number of benzene rings is 2. The molecule has 0 aliphatic heterocycles. The third kappa shape index (κ3) is 4.22. The lowest BCUT2D eigenvalue weighted by Crippen LogP contribution is -2.04. The lowest BCUT2D eigenvalue weighted by atomic mass is 10.1. The summed E-state index contributed by atoms with van der Waals surface area (Å²) in [5, 5.41) is 2.77. The summed E-state index contributed by atoms with van der Waals surface area (Å²) in [6, 6.07) is 11.7. The van der Waals surface area contributed by atoms with E-state index in [0.29, 0.717) is 11.3 Å². The monoisotopic (exact) mass is 305 g/mol. The van der Waals surface area contributed by atoms with Crippen LogP contribution in [0, 0.1) is 6.92 Å². The molecule has 0 heterocycles. The highest BCUT2D eigenvalue weighted by Crippen LogP contribution is 2.29. The normalized spacial score (nSPS) is 11.6. The van der Waals surface area contributed by atoms with Crippen LogP contribution >= 0.6 is 0 Å². The van der Waals surface area contributed by atoms with E-state index in [4.69, 9.17) is 0 Å². The molecule has 0 bridgehead atoms. The first kappa shape index (κ1) is 15.8. The molecule has 0 amide bonds. The van der Waals surface area contributed by atoms with E-state index < -0.39 is 11.7 Å². The fraction of sp³-hybridized carbons (Fsp3) is 0.118. The summed E-state index contributed by atoms with van der Waals surface area (Å²) in [6.45, 7) is 1.89. The number of alkyl halides is 3. The summed E-state index contributed by atoms with van der Waals surface area (Å²) in [7, 11) is 0. The summed E-state index contributed by atoms with van der Waals surface area (Å²) in [6.07, 6.45) is -1.60. The molecule has 0 spiro atoms. The maximum atomic E-state index is 12.4. The van der Waals surface area contributed by atoms with E-state index in [9.17, 15) is 18.0 Å². The van der Waals surface area contributed by atoms with Crippen LogP contribution in [0.1, 0.15) is 21.5 Å². The molecule has 0 radical (unpaired) electrons. The Morgan fingerprint density at radius 2 is 1.77 bits per heavy atom. The van der Waals surface area contributed by atoms with Crippen molar-refractivity contribution in [1.29, 1.82) is 0 Å². The minimum absolute atomic E-state index is 0.178. The van der Waals surface area contributed by atoms with Gasteiger partial charge in [0.1, 0.15) is 0 Å². The zero-order valence-electron chi connectivity index (χ0n) is 11.8. The molecule has 0 aliphatic carbocycles. The Labute approximate surface area is 126 Å². The quantitative estimate of drug-likeness (QED) is 0.648. The van der Waals surface area contributed by atoms with Gasteiger partial charge in [0.05, 0.1) is 5.56 Å². The highest BCUT2D eigenvalue weighted by atomic mass is 19.4. The molecule has 2 aromatic carbocycles. The molecular weight excluding hydrogens is 291 g/mol. The van der Waals surface area contributed by atoms with Gasteiger partial charge in [0.25, 0.3) is 0 Å². The number of carbonyl (C=O) groups is 1. The molecule has 2 nitrogen and oxygen atoms in total. The van der Waals surface area contributed by atoms with Crippen LogP contribution in [0.4, 0.5) is 18.9 Å². The predicted molar refractivity (Wildman–Crippen MR) is 79.7 cm³/mol. The number of carbonyl (C=O) groups excluding carboxylic acids is 1. The van der Waals surface area contributed by atoms with Crippen LogP contribution in [0.15, 0.2) is 60.8 Å². The Morgan fingerprint density at radius 1 is 1.09 bits per heavy atom. The Hall–Kier alpha value is -2.56. The molecule has 22 heavy (non-hydrogen) atoms. The molecule has 0 fully saturated rings. The van der Waals surface area contributed by atoms with E-state index >= 15 is 0 Å². The smallest absolute Gasteiger partial charge is 0.362 e. The lowest BCUT2D eigenvalue weighted by molar-refractivity contribution is -0.137.